The number of amides is 1. The number of hydrogen-bond donors (Lipinski definition) is 2. The number of benzene rings is 2. The molecule has 1 saturated heterocycles. The Kier molecular flexibility index (Phi) is 8.20. The first kappa shape index (κ1) is 23.5. The van der Waals surface area contributed by atoms with Gasteiger partial charge in [0.15, 0.2) is 17.6 Å². The Labute approximate surface area is 196 Å². The van der Waals surface area contributed by atoms with Crippen molar-refractivity contribution in [3.8, 4) is 11.5 Å². The summed E-state index contributed by atoms with van der Waals surface area (Å²) in [5.41, 5.74) is 1.99. The van der Waals surface area contributed by atoms with Gasteiger partial charge in [-0.05, 0) is 36.6 Å². The summed E-state index contributed by atoms with van der Waals surface area (Å²) in [5, 5.41) is 13.7. The van der Waals surface area contributed by atoms with Gasteiger partial charge in [-0.15, -0.1) is 0 Å². The summed E-state index contributed by atoms with van der Waals surface area (Å²) < 4.78 is 12.1. The maximum atomic E-state index is 12.3. The highest BCUT2D eigenvalue weighted by atomic mass is 16.6. The van der Waals surface area contributed by atoms with E-state index < -0.39 is 6.10 Å². The number of carbonyl (C=O) groups excluding carboxylic acids is 1. The van der Waals surface area contributed by atoms with E-state index in [2.05, 4.69) is 28.1 Å². The van der Waals surface area contributed by atoms with Crippen molar-refractivity contribution in [2.75, 3.05) is 51.2 Å². The lowest BCUT2D eigenvalue weighted by atomic mass is 10.1. The second kappa shape index (κ2) is 11.5. The highest BCUT2D eigenvalue weighted by molar-refractivity contribution is 5.92. The molecule has 2 aromatic rings. The summed E-state index contributed by atoms with van der Waals surface area (Å²) >= 11 is 0. The third kappa shape index (κ3) is 6.47. The van der Waals surface area contributed by atoms with Crippen LogP contribution in [0.5, 0.6) is 11.5 Å². The molecule has 1 fully saturated rings. The van der Waals surface area contributed by atoms with Crippen LogP contribution in [0.1, 0.15) is 25.3 Å². The van der Waals surface area contributed by atoms with Crippen molar-refractivity contribution in [2.24, 2.45) is 0 Å². The number of hydrogen-bond acceptors (Lipinski definition) is 6. The van der Waals surface area contributed by atoms with Crippen LogP contribution in [-0.4, -0.2) is 78.9 Å². The van der Waals surface area contributed by atoms with Gasteiger partial charge in [-0.1, -0.05) is 43.7 Å². The lowest BCUT2D eigenvalue weighted by Crippen LogP contribution is -2.53. The summed E-state index contributed by atoms with van der Waals surface area (Å²) in [6.45, 7) is 6.64. The number of aliphatic hydroxyl groups is 1. The number of nitrogens with one attached hydrogen (secondary N) is 1. The molecule has 0 aliphatic carbocycles. The number of carbonyl (C=O) groups is 1. The van der Waals surface area contributed by atoms with Gasteiger partial charge in [0.2, 0.25) is 5.91 Å². The molecule has 178 valence electrons. The number of fused-ring (bicyclic) bond motifs is 1. The number of aryl methyl sites for hydroxylation is 1. The molecular formula is C26H35N3O4. The van der Waals surface area contributed by atoms with E-state index >= 15 is 0 Å². The van der Waals surface area contributed by atoms with Crippen LogP contribution in [-0.2, 0) is 11.2 Å². The van der Waals surface area contributed by atoms with Gasteiger partial charge in [0.1, 0.15) is 12.7 Å². The SMILES string of the molecule is CCCCc1cccc2c1OCC(C(O)CN1CCN(CC(=O)Nc3ccccc3)CC1)O2. The summed E-state index contributed by atoms with van der Waals surface area (Å²) in [7, 11) is 0. The number of β-amino-alcohol motifs (C(OH)–C–C–N with tert-alkyl or cyclic N) is 1. The van der Waals surface area contributed by atoms with Crippen LogP contribution >= 0.6 is 0 Å². The molecule has 0 radical (unpaired) electrons. The molecule has 2 aliphatic rings. The molecule has 0 aromatic heterocycles. The third-order valence-electron chi connectivity index (χ3n) is 6.29. The van der Waals surface area contributed by atoms with Gasteiger partial charge >= 0.3 is 0 Å². The standard InChI is InChI=1S/C26H35N3O4/c1-2-3-8-20-9-7-12-23-26(20)32-19-24(33-23)22(30)17-28-13-15-29(16-14-28)18-25(31)27-21-10-5-4-6-11-21/h4-7,9-12,22,24,30H,2-3,8,13-19H2,1H3,(H,27,31). The first-order chi connectivity index (χ1) is 16.1. The molecule has 0 spiro atoms. The lowest BCUT2D eigenvalue weighted by Gasteiger charge is -2.37. The normalized spacial score (nSPS) is 19.8. The molecule has 0 saturated carbocycles. The van der Waals surface area contributed by atoms with E-state index in [0.717, 1.165) is 62.6 Å². The smallest absolute Gasteiger partial charge is 0.238 e. The van der Waals surface area contributed by atoms with Gasteiger partial charge < -0.3 is 19.9 Å². The summed E-state index contributed by atoms with van der Waals surface area (Å²) in [4.78, 5) is 16.7. The van der Waals surface area contributed by atoms with E-state index in [4.69, 9.17) is 9.47 Å². The van der Waals surface area contributed by atoms with Crippen molar-refractivity contribution in [1.82, 2.24) is 9.80 Å². The molecule has 1 amide bonds. The van der Waals surface area contributed by atoms with Crippen molar-refractivity contribution < 1.29 is 19.4 Å². The number of aliphatic hydroxyl groups excluding tert-OH is 1. The summed E-state index contributed by atoms with van der Waals surface area (Å²) in [5.74, 6) is 1.56. The quantitative estimate of drug-likeness (QED) is 0.608. The Balaban J connectivity index is 1.21. The first-order valence-electron chi connectivity index (χ1n) is 12.0. The van der Waals surface area contributed by atoms with E-state index in [-0.39, 0.29) is 12.0 Å². The Morgan fingerprint density at radius 3 is 2.61 bits per heavy atom. The van der Waals surface area contributed by atoms with Crippen LogP contribution in [0.3, 0.4) is 0 Å². The fraction of sp³-hybridized carbons (Fsp3) is 0.500. The van der Waals surface area contributed by atoms with Crippen LogP contribution in [0.15, 0.2) is 48.5 Å². The number of rotatable bonds is 9. The minimum Gasteiger partial charge on any atom is -0.485 e. The Hall–Kier alpha value is -2.61. The van der Waals surface area contributed by atoms with Crippen LogP contribution in [0.25, 0.3) is 0 Å². The summed E-state index contributed by atoms with van der Waals surface area (Å²) in [6.07, 6.45) is 2.21. The van der Waals surface area contributed by atoms with Gasteiger partial charge in [-0.25, -0.2) is 0 Å². The number of piperazine rings is 1. The van der Waals surface area contributed by atoms with Crippen molar-refractivity contribution in [1.29, 1.82) is 0 Å². The highest BCUT2D eigenvalue weighted by Crippen LogP contribution is 2.36. The minimum absolute atomic E-state index is 0.000546. The largest absolute Gasteiger partial charge is 0.485 e. The predicted octanol–water partition coefficient (Wildman–Crippen LogP) is 2.79. The van der Waals surface area contributed by atoms with Gasteiger partial charge in [-0.3, -0.25) is 14.6 Å². The molecule has 2 heterocycles. The fourth-order valence-corrected chi connectivity index (χ4v) is 4.37. The van der Waals surface area contributed by atoms with E-state index in [9.17, 15) is 9.90 Å². The average Bonchev–Trinajstić information content (AvgIpc) is 2.84. The molecule has 2 aliphatic heterocycles. The maximum absolute atomic E-state index is 12.3. The van der Waals surface area contributed by atoms with Crippen molar-refractivity contribution in [2.45, 2.75) is 38.4 Å². The number of anilines is 1. The zero-order valence-electron chi connectivity index (χ0n) is 19.4. The predicted molar refractivity (Wildman–Crippen MR) is 129 cm³/mol. The van der Waals surface area contributed by atoms with Crippen molar-refractivity contribution >= 4 is 11.6 Å². The monoisotopic (exact) mass is 453 g/mol. The van der Waals surface area contributed by atoms with Crippen molar-refractivity contribution in [3.63, 3.8) is 0 Å². The fourth-order valence-electron chi connectivity index (χ4n) is 4.37. The topological polar surface area (TPSA) is 74.3 Å². The van der Waals surface area contributed by atoms with Gasteiger partial charge in [0, 0.05) is 38.4 Å². The highest BCUT2D eigenvalue weighted by Gasteiger charge is 2.31. The Bertz CT molecular complexity index is 900. The molecule has 7 heteroatoms. The van der Waals surface area contributed by atoms with Crippen LogP contribution in [0, 0.1) is 0 Å². The van der Waals surface area contributed by atoms with Gasteiger partial charge in [0.05, 0.1) is 6.54 Å². The second-order valence-electron chi connectivity index (χ2n) is 8.87. The molecule has 0 bridgehead atoms. The van der Waals surface area contributed by atoms with Gasteiger partial charge in [-0.2, -0.15) is 0 Å². The Morgan fingerprint density at radius 1 is 1.09 bits per heavy atom. The molecule has 2 N–H and O–H groups in total. The molecule has 2 atom stereocenters. The molecular weight excluding hydrogens is 418 g/mol. The molecule has 2 unspecified atom stereocenters. The molecule has 33 heavy (non-hydrogen) atoms. The van der Waals surface area contributed by atoms with E-state index in [1.807, 2.05) is 42.5 Å². The number of para-hydroxylation sites is 2. The molecule has 7 nitrogen and oxygen atoms in total. The zero-order valence-corrected chi connectivity index (χ0v) is 19.4. The van der Waals surface area contributed by atoms with E-state index in [1.54, 1.807) is 0 Å². The number of unbranched alkanes of at least 4 members (excludes halogenated alkanes) is 1. The lowest BCUT2D eigenvalue weighted by molar-refractivity contribution is -0.117. The number of nitrogens with zero attached hydrogens (tertiary/aromatic N) is 2. The zero-order chi connectivity index (χ0) is 23.0. The van der Waals surface area contributed by atoms with Crippen LogP contribution in [0.2, 0.25) is 0 Å². The molecule has 4 rings (SSSR count). The third-order valence-corrected chi connectivity index (χ3v) is 6.29. The van der Waals surface area contributed by atoms with E-state index in [1.165, 1.54) is 5.56 Å². The van der Waals surface area contributed by atoms with E-state index in [0.29, 0.717) is 19.7 Å². The summed E-state index contributed by atoms with van der Waals surface area (Å²) in [6, 6.07) is 15.5. The minimum atomic E-state index is -0.634. The number of ether oxygens (including phenoxy) is 2. The van der Waals surface area contributed by atoms with Crippen LogP contribution in [0.4, 0.5) is 5.69 Å². The average molecular weight is 454 g/mol. The maximum Gasteiger partial charge on any atom is 0.238 e. The van der Waals surface area contributed by atoms with Crippen LogP contribution < -0.4 is 14.8 Å². The van der Waals surface area contributed by atoms with Crippen molar-refractivity contribution in [3.05, 3.63) is 54.1 Å². The Morgan fingerprint density at radius 2 is 1.85 bits per heavy atom. The van der Waals surface area contributed by atoms with Gasteiger partial charge in [0.25, 0.3) is 0 Å². The first-order valence-corrected chi connectivity index (χ1v) is 12.0. The molecule has 2 aromatic carbocycles. The second-order valence-corrected chi connectivity index (χ2v) is 8.87.